The summed E-state index contributed by atoms with van der Waals surface area (Å²) < 4.78 is 65.4. The molecule has 3 rings (SSSR count). The highest BCUT2D eigenvalue weighted by Gasteiger charge is 2.21. The molecule has 1 amide bonds. The largest absolute Gasteiger partial charge is 0.325 e. The molecule has 0 spiro atoms. The number of hydrogen-bond donors (Lipinski definition) is 2. The van der Waals surface area contributed by atoms with E-state index < -0.39 is 38.3 Å². The van der Waals surface area contributed by atoms with Gasteiger partial charge in [-0.2, -0.15) is 0 Å². The number of para-hydroxylation sites is 1. The summed E-state index contributed by atoms with van der Waals surface area (Å²) in [5, 5.41) is 2.55. The van der Waals surface area contributed by atoms with Crippen molar-refractivity contribution in [1.29, 1.82) is 0 Å². The second-order valence-electron chi connectivity index (χ2n) is 6.79. The zero-order chi connectivity index (χ0) is 23.4. The molecule has 0 saturated carbocycles. The Labute approximate surface area is 185 Å². The Kier molecular flexibility index (Phi) is 6.80. The van der Waals surface area contributed by atoms with Crippen LogP contribution in [-0.4, -0.2) is 35.5 Å². The van der Waals surface area contributed by atoms with Crippen LogP contribution in [0.2, 0.25) is 0 Å². The smallest absolute Gasteiger partial charge is 0.261 e. The molecule has 0 aromatic heterocycles. The first-order valence-electron chi connectivity index (χ1n) is 9.26. The van der Waals surface area contributed by atoms with Crippen LogP contribution in [0, 0.1) is 5.82 Å². The van der Waals surface area contributed by atoms with Crippen molar-refractivity contribution in [2.75, 3.05) is 27.1 Å². The number of nitrogens with zero attached hydrogens (tertiary/aromatic N) is 1. The van der Waals surface area contributed by atoms with Crippen LogP contribution in [0.25, 0.3) is 0 Å². The lowest BCUT2D eigenvalue weighted by molar-refractivity contribution is -0.114. The molecule has 0 fully saturated rings. The van der Waals surface area contributed by atoms with E-state index in [4.69, 9.17) is 0 Å². The van der Waals surface area contributed by atoms with Crippen LogP contribution in [0.5, 0.6) is 0 Å². The van der Waals surface area contributed by atoms with Crippen molar-refractivity contribution in [3.63, 3.8) is 0 Å². The first kappa shape index (κ1) is 23.2. The minimum Gasteiger partial charge on any atom is -0.325 e. The van der Waals surface area contributed by atoms with Crippen molar-refractivity contribution in [3.05, 3.63) is 84.7 Å². The van der Waals surface area contributed by atoms with Gasteiger partial charge in [-0.3, -0.25) is 13.8 Å². The molecule has 0 heterocycles. The Bertz CT molecular complexity index is 1300. The molecule has 0 aliphatic heterocycles. The number of benzene rings is 3. The number of hydrogen-bond acceptors (Lipinski definition) is 5. The molecule has 11 heteroatoms. The van der Waals surface area contributed by atoms with E-state index in [0.717, 1.165) is 22.7 Å². The summed E-state index contributed by atoms with van der Waals surface area (Å²) in [6, 6.07) is 18.4. The van der Waals surface area contributed by atoms with Crippen molar-refractivity contribution >= 4 is 43.0 Å². The molecule has 3 aromatic rings. The molecule has 0 bridgehead atoms. The van der Waals surface area contributed by atoms with E-state index in [0.29, 0.717) is 5.69 Å². The summed E-state index contributed by atoms with van der Waals surface area (Å²) in [6.07, 6.45) is 1.00. The SMILES string of the molecule is CS(=O)(=O)N(CC(=O)Nc1ccc(S(=O)(=O)Nc2ccc(F)cc2)cc1)c1ccccc1. The highest BCUT2D eigenvalue weighted by atomic mass is 32.2. The van der Waals surface area contributed by atoms with Gasteiger partial charge in [-0.25, -0.2) is 21.2 Å². The summed E-state index contributed by atoms with van der Waals surface area (Å²) in [5.74, 6) is -1.09. The standard InChI is InChI=1S/C21H20FN3O5S2/c1-31(27,28)25(19-5-3-2-4-6-19)15-21(26)23-17-11-13-20(14-12-17)32(29,30)24-18-9-7-16(22)8-10-18/h2-14,24H,15H2,1H3,(H,23,26). The summed E-state index contributed by atoms with van der Waals surface area (Å²) >= 11 is 0. The van der Waals surface area contributed by atoms with Gasteiger partial charge < -0.3 is 5.32 Å². The first-order valence-corrected chi connectivity index (χ1v) is 12.6. The normalized spacial score (nSPS) is 11.6. The van der Waals surface area contributed by atoms with Gasteiger partial charge in [0.15, 0.2) is 0 Å². The summed E-state index contributed by atoms with van der Waals surface area (Å²) in [7, 11) is -7.62. The zero-order valence-electron chi connectivity index (χ0n) is 16.9. The minimum atomic E-state index is -3.92. The van der Waals surface area contributed by atoms with Crippen molar-refractivity contribution in [2.45, 2.75) is 4.90 Å². The second-order valence-corrected chi connectivity index (χ2v) is 10.4. The van der Waals surface area contributed by atoms with E-state index in [9.17, 15) is 26.0 Å². The van der Waals surface area contributed by atoms with Gasteiger partial charge in [-0.1, -0.05) is 18.2 Å². The number of carbonyl (C=O) groups excluding carboxylic acids is 1. The highest BCUT2D eigenvalue weighted by molar-refractivity contribution is 7.92. The summed E-state index contributed by atoms with van der Waals surface area (Å²) in [6.45, 7) is -0.449. The monoisotopic (exact) mass is 477 g/mol. The Morgan fingerprint density at radius 2 is 1.41 bits per heavy atom. The van der Waals surface area contributed by atoms with Crippen LogP contribution in [0.15, 0.2) is 83.8 Å². The fourth-order valence-electron chi connectivity index (χ4n) is 2.77. The fraction of sp³-hybridized carbons (Fsp3) is 0.0952. The molecule has 0 saturated heterocycles. The molecule has 3 aromatic carbocycles. The molecule has 0 unspecified atom stereocenters. The van der Waals surface area contributed by atoms with E-state index in [1.54, 1.807) is 30.3 Å². The van der Waals surface area contributed by atoms with E-state index in [2.05, 4.69) is 10.0 Å². The molecule has 8 nitrogen and oxygen atoms in total. The maximum absolute atomic E-state index is 13.0. The molecule has 0 aliphatic carbocycles. The van der Waals surface area contributed by atoms with E-state index in [-0.39, 0.29) is 16.3 Å². The summed E-state index contributed by atoms with van der Waals surface area (Å²) in [4.78, 5) is 12.3. The number of nitrogens with one attached hydrogen (secondary N) is 2. The third-order valence-electron chi connectivity index (χ3n) is 4.28. The number of anilines is 3. The van der Waals surface area contributed by atoms with Crippen LogP contribution >= 0.6 is 0 Å². The van der Waals surface area contributed by atoms with E-state index in [1.165, 1.54) is 36.4 Å². The number of sulfonamides is 2. The van der Waals surface area contributed by atoms with Crippen molar-refractivity contribution < 1.29 is 26.0 Å². The van der Waals surface area contributed by atoms with Crippen molar-refractivity contribution in [1.82, 2.24) is 0 Å². The van der Waals surface area contributed by atoms with Crippen molar-refractivity contribution in [3.8, 4) is 0 Å². The lowest BCUT2D eigenvalue weighted by Crippen LogP contribution is -2.37. The van der Waals surface area contributed by atoms with Crippen LogP contribution in [0.3, 0.4) is 0 Å². The number of carbonyl (C=O) groups is 1. The zero-order valence-corrected chi connectivity index (χ0v) is 18.5. The van der Waals surface area contributed by atoms with Gasteiger partial charge in [0.1, 0.15) is 12.4 Å². The molecule has 2 N–H and O–H groups in total. The third-order valence-corrected chi connectivity index (χ3v) is 6.81. The van der Waals surface area contributed by atoms with E-state index >= 15 is 0 Å². The van der Waals surface area contributed by atoms with Crippen LogP contribution in [0.4, 0.5) is 21.5 Å². The molecule has 0 atom stereocenters. The molecular weight excluding hydrogens is 457 g/mol. The Hall–Kier alpha value is -3.44. The quantitative estimate of drug-likeness (QED) is 0.518. The molecular formula is C21H20FN3O5S2. The predicted molar refractivity (Wildman–Crippen MR) is 121 cm³/mol. The maximum atomic E-state index is 13.0. The second kappa shape index (κ2) is 9.37. The van der Waals surface area contributed by atoms with Crippen LogP contribution in [-0.2, 0) is 24.8 Å². The molecule has 168 valence electrons. The Balaban J connectivity index is 1.69. The predicted octanol–water partition coefficient (Wildman–Crippen LogP) is 3.03. The van der Waals surface area contributed by atoms with Gasteiger partial charge in [0.25, 0.3) is 10.0 Å². The van der Waals surface area contributed by atoms with Crippen molar-refractivity contribution in [2.24, 2.45) is 0 Å². The fourth-order valence-corrected chi connectivity index (χ4v) is 4.69. The van der Waals surface area contributed by atoms with Gasteiger partial charge in [-0.15, -0.1) is 0 Å². The van der Waals surface area contributed by atoms with Gasteiger partial charge in [0, 0.05) is 11.4 Å². The lowest BCUT2D eigenvalue weighted by Gasteiger charge is -2.21. The Morgan fingerprint density at radius 1 is 0.844 bits per heavy atom. The molecule has 32 heavy (non-hydrogen) atoms. The first-order chi connectivity index (χ1) is 15.0. The lowest BCUT2D eigenvalue weighted by atomic mass is 10.3. The topological polar surface area (TPSA) is 113 Å². The molecule has 0 radical (unpaired) electrons. The van der Waals surface area contributed by atoms with Gasteiger partial charge >= 0.3 is 0 Å². The van der Waals surface area contributed by atoms with Gasteiger partial charge in [-0.05, 0) is 60.7 Å². The maximum Gasteiger partial charge on any atom is 0.261 e. The molecule has 0 aliphatic rings. The number of amides is 1. The van der Waals surface area contributed by atoms with Crippen LogP contribution in [0.1, 0.15) is 0 Å². The average molecular weight is 478 g/mol. The Morgan fingerprint density at radius 3 is 1.97 bits per heavy atom. The third kappa shape index (κ3) is 6.05. The number of halogens is 1. The summed E-state index contributed by atoms with van der Waals surface area (Å²) in [5.41, 5.74) is 0.835. The minimum absolute atomic E-state index is 0.0677. The van der Waals surface area contributed by atoms with Gasteiger partial charge in [0.05, 0.1) is 16.8 Å². The number of rotatable bonds is 8. The van der Waals surface area contributed by atoms with E-state index in [1.807, 2.05) is 0 Å². The highest BCUT2D eigenvalue weighted by Crippen LogP contribution is 2.20. The average Bonchev–Trinajstić information content (AvgIpc) is 2.74. The van der Waals surface area contributed by atoms with Crippen LogP contribution < -0.4 is 14.3 Å². The van der Waals surface area contributed by atoms with Gasteiger partial charge in [0.2, 0.25) is 15.9 Å².